The van der Waals surface area contributed by atoms with Crippen molar-refractivity contribution >= 4 is 65.5 Å². The Morgan fingerprint density at radius 1 is 0.392 bits per heavy atom. The quantitative estimate of drug-likeness (QED) is 0.183. The summed E-state index contributed by atoms with van der Waals surface area (Å²) in [4.78, 5) is 4.86. The van der Waals surface area contributed by atoms with Crippen LogP contribution in [0.3, 0.4) is 0 Å². The lowest BCUT2D eigenvalue weighted by Gasteiger charge is -2.12. The molecule has 51 heavy (non-hydrogen) atoms. The van der Waals surface area contributed by atoms with Crippen molar-refractivity contribution in [3.05, 3.63) is 182 Å². The predicted octanol–water partition coefficient (Wildman–Crippen LogP) is 12.0. The number of hydrogen-bond acceptors (Lipinski definition) is 1. The Morgan fingerprint density at radius 3 is 1.88 bits per heavy atom. The second-order valence-corrected chi connectivity index (χ2v) is 11.9. The summed E-state index contributed by atoms with van der Waals surface area (Å²) in [5, 5.41) is 0.871. The van der Waals surface area contributed by atoms with E-state index in [9.17, 15) is 6.85 Å². The molecule has 0 aliphatic rings. The summed E-state index contributed by atoms with van der Waals surface area (Å²) in [5.41, 5.74) is 0.182. The van der Waals surface area contributed by atoms with E-state index in [0.29, 0.717) is 5.52 Å². The van der Waals surface area contributed by atoms with Gasteiger partial charge in [0, 0.05) is 38.3 Å². The second kappa shape index (κ2) is 10.8. The molecule has 4 heteroatoms. The van der Waals surface area contributed by atoms with Crippen molar-refractivity contribution in [3.63, 3.8) is 0 Å². The van der Waals surface area contributed by atoms with Gasteiger partial charge in [0.05, 0.1) is 63.3 Å². The van der Waals surface area contributed by atoms with Gasteiger partial charge in [0.15, 0.2) is 0 Å². The molecule has 4 nitrogen and oxygen atoms in total. The molecule has 7 aromatic carbocycles. The van der Waals surface area contributed by atoms with E-state index in [1.807, 2.05) is 65.2 Å². The summed E-state index contributed by atoms with van der Waals surface area (Å²) < 4.78 is 166. The Hall–Kier alpha value is -6.91. The van der Waals surface area contributed by atoms with Crippen LogP contribution in [0.1, 0.15) is 24.7 Å². The van der Waals surface area contributed by atoms with E-state index in [0.717, 1.165) is 26.5 Å². The standard InChI is InChI=1S/C47H30N4/c1-3-13-31(14-4-1)32-23-25-39-44(29-32)50(34-24-26-38-37-19-7-10-20-40(37)49(45(38)30-34)33-15-5-2-6-16-33)43-27-28-46(48-47(39)43)51-41-21-11-8-17-35(41)36-18-9-12-22-42(36)51/h1-30H/i1D,3D,4D,8D,9D,11D,12D,13D,14D,17D,18D,21D,22D,23D,25D,27D,28D,29D. The first kappa shape index (κ1) is 15.8. The van der Waals surface area contributed by atoms with Crippen molar-refractivity contribution in [1.29, 1.82) is 0 Å². The Kier molecular flexibility index (Phi) is 3.33. The maximum Gasteiger partial charge on any atom is 0.138 e. The van der Waals surface area contributed by atoms with Crippen LogP contribution in [0.5, 0.6) is 0 Å². The van der Waals surface area contributed by atoms with Crippen LogP contribution >= 0.6 is 0 Å². The van der Waals surface area contributed by atoms with Crippen molar-refractivity contribution in [3.8, 4) is 28.3 Å². The Morgan fingerprint density at radius 2 is 1.08 bits per heavy atom. The Bertz CT molecular complexity index is 4070. The lowest BCUT2D eigenvalue weighted by Crippen LogP contribution is -1.99. The molecule has 0 bridgehead atoms. The van der Waals surface area contributed by atoms with Gasteiger partial charge in [0.25, 0.3) is 0 Å². The summed E-state index contributed by atoms with van der Waals surface area (Å²) in [6.45, 7) is 0. The van der Waals surface area contributed by atoms with Gasteiger partial charge in [-0.2, -0.15) is 0 Å². The average molecular weight is 669 g/mol. The maximum absolute atomic E-state index is 9.90. The fourth-order valence-corrected chi connectivity index (χ4v) is 6.99. The fourth-order valence-electron chi connectivity index (χ4n) is 6.99. The zero-order valence-corrected chi connectivity index (χ0v) is 26.2. The normalized spacial score (nSPS) is 16.9. The van der Waals surface area contributed by atoms with E-state index in [4.69, 9.17) is 22.8 Å². The van der Waals surface area contributed by atoms with Gasteiger partial charge < -0.3 is 9.13 Å². The number of para-hydroxylation sites is 4. The van der Waals surface area contributed by atoms with Crippen molar-refractivity contribution in [2.45, 2.75) is 0 Å². The second-order valence-electron chi connectivity index (χ2n) is 11.9. The van der Waals surface area contributed by atoms with Crippen molar-refractivity contribution in [2.75, 3.05) is 0 Å². The number of hydrogen-bond donors (Lipinski definition) is 0. The molecule has 0 N–H and O–H groups in total. The molecule has 0 atom stereocenters. The molecule has 0 unspecified atom stereocenters. The van der Waals surface area contributed by atoms with E-state index in [-0.39, 0.29) is 49.4 Å². The van der Waals surface area contributed by atoms with Crippen molar-refractivity contribution in [1.82, 2.24) is 18.7 Å². The molecule has 238 valence electrons. The van der Waals surface area contributed by atoms with Gasteiger partial charge in [-0.15, -0.1) is 0 Å². The first-order valence-corrected chi connectivity index (χ1v) is 15.9. The monoisotopic (exact) mass is 668 g/mol. The van der Waals surface area contributed by atoms with Gasteiger partial charge in [0.2, 0.25) is 0 Å². The number of nitrogens with zero attached hydrogens (tertiary/aromatic N) is 4. The van der Waals surface area contributed by atoms with Gasteiger partial charge in [-0.1, -0.05) is 115 Å². The third-order valence-corrected chi connectivity index (χ3v) is 9.14. The van der Waals surface area contributed by atoms with Gasteiger partial charge >= 0.3 is 0 Å². The maximum atomic E-state index is 9.90. The van der Waals surface area contributed by atoms with Crippen LogP contribution in [0, 0.1) is 0 Å². The molecule has 4 heterocycles. The minimum atomic E-state index is -0.739. The minimum Gasteiger partial charge on any atom is -0.309 e. The molecule has 0 aliphatic heterocycles. The largest absolute Gasteiger partial charge is 0.309 e. The zero-order chi connectivity index (χ0) is 49.1. The first-order chi connectivity index (χ1) is 32.8. The van der Waals surface area contributed by atoms with Crippen LogP contribution in [0.25, 0.3) is 93.9 Å². The first-order valence-electron chi connectivity index (χ1n) is 24.9. The highest BCUT2D eigenvalue weighted by Gasteiger charge is 2.20. The summed E-state index contributed by atoms with van der Waals surface area (Å²) in [6, 6.07) is 10.1. The third kappa shape index (κ3) is 4.11. The number of fused-ring (bicyclic) bond motifs is 9. The van der Waals surface area contributed by atoms with E-state index in [1.54, 1.807) is 12.1 Å². The summed E-state index contributed by atoms with van der Waals surface area (Å²) in [7, 11) is 0. The van der Waals surface area contributed by atoms with Crippen LogP contribution < -0.4 is 0 Å². The third-order valence-electron chi connectivity index (χ3n) is 9.14. The number of pyridine rings is 1. The van der Waals surface area contributed by atoms with Gasteiger partial charge in [-0.25, -0.2) is 4.98 Å². The molecular formula is C47H30N4. The lowest BCUT2D eigenvalue weighted by atomic mass is 10.0. The van der Waals surface area contributed by atoms with Crippen molar-refractivity contribution in [2.24, 2.45) is 0 Å². The Labute approximate surface area is 319 Å². The summed E-state index contributed by atoms with van der Waals surface area (Å²) in [6.07, 6.45) is 0. The molecule has 0 aliphatic carbocycles. The van der Waals surface area contributed by atoms with E-state index in [1.165, 1.54) is 4.57 Å². The topological polar surface area (TPSA) is 27.7 Å². The molecule has 0 fully saturated rings. The highest BCUT2D eigenvalue weighted by atomic mass is 15.1. The molecule has 0 radical (unpaired) electrons. The molecule has 4 aromatic heterocycles. The van der Waals surface area contributed by atoms with E-state index >= 15 is 0 Å². The fraction of sp³-hybridized carbons (Fsp3) is 0. The van der Waals surface area contributed by atoms with Crippen LogP contribution in [-0.2, 0) is 0 Å². The van der Waals surface area contributed by atoms with Crippen LogP contribution in [0.4, 0.5) is 0 Å². The molecule has 0 saturated heterocycles. The highest BCUT2D eigenvalue weighted by Crippen LogP contribution is 2.39. The highest BCUT2D eigenvalue weighted by molar-refractivity contribution is 6.12. The molecule has 0 spiro atoms. The predicted molar refractivity (Wildman–Crippen MR) is 213 cm³/mol. The molecule has 11 rings (SSSR count). The van der Waals surface area contributed by atoms with E-state index in [2.05, 4.69) is 0 Å². The molecule has 0 saturated carbocycles. The van der Waals surface area contributed by atoms with Crippen LogP contribution in [-0.4, -0.2) is 18.7 Å². The lowest BCUT2D eigenvalue weighted by molar-refractivity contribution is 1.10. The zero-order valence-electron chi connectivity index (χ0n) is 44.2. The summed E-state index contributed by atoms with van der Waals surface area (Å²) >= 11 is 0. The van der Waals surface area contributed by atoms with Gasteiger partial charge in [-0.05, 0) is 77.7 Å². The average Bonchev–Trinajstić information content (AvgIpc) is 4.01. The SMILES string of the molecule is [2H]c1c([2H])c([2H])c(-c2c([2H])c([2H])c3c4nc(-n5c6c([2H])c([2H])c([2H])c([2H])c6c6c([2H])c([2H])c([2H])c([2H])c65)c([2H])c([2H])c4n(-c4ccc5c6ccccc6n(-c6ccccc6)c5c4)c3c2[2H])c([2H])c1[2H]. The van der Waals surface area contributed by atoms with Gasteiger partial charge in [-0.3, -0.25) is 4.57 Å². The van der Waals surface area contributed by atoms with Crippen LogP contribution in [0.2, 0.25) is 0 Å². The van der Waals surface area contributed by atoms with Crippen LogP contribution in [0.15, 0.2) is 182 Å². The molecular weight excluding hydrogens is 621 g/mol. The van der Waals surface area contributed by atoms with E-state index < -0.39 is 126 Å². The Balaban J connectivity index is 1.36. The number of benzene rings is 7. The number of rotatable bonds is 4. The number of aromatic nitrogens is 4. The minimum absolute atomic E-state index is 0.176. The molecule has 11 aromatic rings. The van der Waals surface area contributed by atoms with Crippen molar-refractivity contribution < 1.29 is 24.7 Å². The smallest absolute Gasteiger partial charge is 0.138 e. The molecule has 0 amide bonds. The summed E-state index contributed by atoms with van der Waals surface area (Å²) in [5.74, 6) is -0.534. The van der Waals surface area contributed by atoms with Gasteiger partial charge in [0.1, 0.15) is 5.82 Å².